The Hall–Kier alpha value is -2.11. The highest BCUT2D eigenvalue weighted by Gasteiger charge is 2.44. The summed E-state index contributed by atoms with van der Waals surface area (Å²) >= 11 is 0. The van der Waals surface area contributed by atoms with Crippen LogP contribution >= 0.6 is 0 Å². The molecule has 1 fully saturated rings. The van der Waals surface area contributed by atoms with Crippen LogP contribution in [0.3, 0.4) is 0 Å². The SMILES string of the molecule is C=CC1OC(=O)O[C@@H]2[C@@H](C)/C=C\C[C@@H]([C@H](C)COCc3ccccc3)O[C@@H]12. The Bertz CT molecular complexity index is 656. The zero-order chi connectivity index (χ0) is 19.2. The molecule has 0 saturated carbocycles. The predicted molar refractivity (Wildman–Crippen MR) is 102 cm³/mol. The Morgan fingerprint density at radius 2 is 2.04 bits per heavy atom. The van der Waals surface area contributed by atoms with Crippen molar-refractivity contribution in [1.82, 2.24) is 0 Å². The van der Waals surface area contributed by atoms with E-state index in [1.807, 2.05) is 37.3 Å². The lowest BCUT2D eigenvalue weighted by molar-refractivity contribution is -0.185. The van der Waals surface area contributed by atoms with Crippen LogP contribution in [-0.2, 0) is 25.6 Å². The second-order valence-electron chi connectivity index (χ2n) is 7.29. The summed E-state index contributed by atoms with van der Waals surface area (Å²) in [5.41, 5.74) is 1.15. The van der Waals surface area contributed by atoms with Crippen LogP contribution in [0, 0.1) is 11.8 Å². The van der Waals surface area contributed by atoms with Gasteiger partial charge in [-0.25, -0.2) is 4.79 Å². The maximum Gasteiger partial charge on any atom is 0.509 e. The first-order valence-corrected chi connectivity index (χ1v) is 9.52. The van der Waals surface area contributed by atoms with E-state index in [1.54, 1.807) is 6.08 Å². The second kappa shape index (κ2) is 9.20. The normalized spacial score (nSPS) is 32.8. The van der Waals surface area contributed by atoms with E-state index < -0.39 is 12.3 Å². The molecule has 2 aliphatic rings. The summed E-state index contributed by atoms with van der Waals surface area (Å²) in [4.78, 5) is 11.7. The minimum absolute atomic E-state index is 0.0517. The van der Waals surface area contributed by atoms with Crippen LogP contribution in [0.1, 0.15) is 25.8 Å². The van der Waals surface area contributed by atoms with Gasteiger partial charge in [-0.3, -0.25) is 0 Å². The molecule has 3 rings (SSSR count). The van der Waals surface area contributed by atoms with E-state index in [1.165, 1.54) is 0 Å². The van der Waals surface area contributed by atoms with Crippen molar-refractivity contribution in [2.24, 2.45) is 11.8 Å². The maximum absolute atomic E-state index is 11.7. The van der Waals surface area contributed by atoms with Gasteiger partial charge in [-0.1, -0.05) is 62.9 Å². The summed E-state index contributed by atoms with van der Waals surface area (Å²) in [5, 5.41) is 0. The highest BCUT2D eigenvalue weighted by molar-refractivity contribution is 5.62. The summed E-state index contributed by atoms with van der Waals surface area (Å²) in [5.74, 6) is 0.228. The van der Waals surface area contributed by atoms with Crippen molar-refractivity contribution < 1.29 is 23.7 Å². The third-order valence-corrected chi connectivity index (χ3v) is 5.13. The van der Waals surface area contributed by atoms with E-state index in [9.17, 15) is 4.79 Å². The van der Waals surface area contributed by atoms with Crippen molar-refractivity contribution in [2.75, 3.05) is 6.61 Å². The first-order valence-electron chi connectivity index (χ1n) is 9.52. The third-order valence-electron chi connectivity index (χ3n) is 5.13. The third kappa shape index (κ3) is 4.99. The monoisotopic (exact) mass is 372 g/mol. The fraction of sp³-hybridized carbons (Fsp3) is 0.500. The Morgan fingerprint density at radius 1 is 1.26 bits per heavy atom. The van der Waals surface area contributed by atoms with Gasteiger partial charge in [0.1, 0.15) is 12.2 Å². The Balaban J connectivity index is 1.63. The second-order valence-corrected chi connectivity index (χ2v) is 7.29. The van der Waals surface area contributed by atoms with E-state index >= 15 is 0 Å². The molecule has 146 valence electrons. The van der Waals surface area contributed by atoms with Crippen LogP contribution in [-0.4, -0.2) is 37.2 Å². The van der Waals surface area contributed by atoms with Gasteiger partial charge in [0.2, 0.25) is 0 Å². The van der Waals surface area contributed by atoms with Crippen LogP contribution in [0.5, 0.6) is 0 Å². The molecule has 27 heavy (non-hydrogen) atoms. The number of carbonyl (C=O) groups excluding carboxylic acids is 1. The van der Waals surface area contributed by atoms with Gasteiger partial charge in [-0.15, -0.1) is 0 Å². The van der Waals surface area contributed by atoms with Crippen LogP contribution in [0.25, 0.3) is 0 Å². The number of ether oxygens (including phenoxy) is 4. The molecule has 1 aromatic carbocycles. The number of cyclic esters (lactones) is 1. The topological polar surface area (TPSA) is 54.0 Å². The molecule has 2 heterocycles. The lowest BCUT2D eigenvalue weighted by Gasteiger charge is -2.41. The van der Waals surface area contributed by atoms with E-state index in [0.29, 0.717) is 13.2 Å². The molecule has 0 bridgehead atoms. The highest BCUT2D eigenvalue weighted by atomic mass is 16.8. The maximum atomic E-state index is 11.7. The lowest BCUT2D eigenvalue weighted by atomic mass is 9.91. The van der Waals surface area contributed by atoms with Gasteiger partial charge in [-0.2, -0.15) is 0 Å². The fourth-order valence-electron chi connectivity index (χ4n) is 3.52. The smallest absolute Gasteiger partial charge is 0.427 e. The molecule has 0 N–H and O–H groups in total. The van der Waals surface area contributed by atoms with Crippen LogP contribution in [0.15, 0.2) is 55.1 Å². The molecule has 2 aliphatic heterocycles. The van der Waals surface area contributed by atoms with Gasteiger partial charge < -0.3 is 18.9 Å². The lowest BCUT2D eigenvalue weighted by Crippen LogP contribution is -2.53. The summed E-state index contributed by atoms with van der Waals surface area (Å²) in [7, 11) is 0. The van der Waals surface area contributed by atoms with Crippen LogP contribution in [0.2, 0.25) is 0 Å². The zero-order valence-electron chi connectivity index (χ0n) is 16.0. The molecule has 0 aliphatic carbocycles. The van der Waals surface area contributed by atoms with Gasteiger partial charge in [0, 0.05) is 11.8 Å². The molecule has 5 nitrogen and oxygen atoms in total. The van der Waals surface area contributed by atoms with Gasteiger partial charge in [0.25, 0.3) is 0 Å². The van der Waals surface area contributed by atoms with E-state index in [0.717, 1.165) is 12.0 Å². The molecule has 1 saturated heterocycles. The summed E-state index contributed by atoms with van der Waals surface area (Å²) < 4.78 is 22.9. The van der Waals surface area contributed by atoms with Gasteiger partial charge in [0.15, 0.2) is 6.10 Å². The fourth-order valence-corrected chi connectivity index (χ4v) is 3.52. The van der Waals surface area contributed by atoms with Crippen LogP contribution in [0.4, 0.5) is 4.79 Å². The molecule has 6 atom stereocenters. The number of fused-ring (bicyclic) bond motifs is 1. The van der Waals surface area contributed by atoms with Crippen molar-refractivity contribution >= 4 is 6.16 Å². The van der Waals surface area contributed by atoms with Crippen molar-refractivity contribution in [1.29, 1.82) is 0 Å². The van der Waals surface area contributed by atoms with Crippen molar-refractivity contribution in [3.05, 3.63) is 60.7 Å². The molecule has 0 aromatic heterocycles. The molecule has 1 aromatic rings. The number of hydrogen-bond donors (Lipinski definition) is 0. The van der Waals surface area contributed by atoms with Crippen molar-refractivity contribution in [2.45, 2.75) is 51.3 Å². The van der Waals surface area contributed by atoms with Crippen LogP contribution < -0.4 is 0 Å². The standard InChI is InChI=1S/C22H28O5/c1-4-18-21-20(27-22(23)26-18)15(2)9-8-12-19(25-21)16(3)13-24-14-17-10-6-5-7-11-17/h4-11,15-16,18-21H,1,12-14H2,2-3H3/b9-8-/t15-,16+,18?,19-,20+,21-/m0/s1. The first-order chi connectivity index (χ1) is 13.1. The molecule has 0 radical (unpaired) electrons. The van der Waals surface area contributed by atoms with E-state index in [-0.39, 0.29) is 30.1 Å². The largest absolute Gasteiger partial charge is 0.509 e. The molecule has 1 unspecified atom stereocenters. The first kappa shape index (κ1) is 19.6. The average Bonchev–Trinajstić information content (AvgIpc) is 2.67. The molecular weight excluding hydrogens is 344 g/mol. The van der Waals surface area contributed by atoms with Gasteiger partial charge in [-0.05, 0) is 18.1 Å². The Kier molecular flexibility index (Phi) is 6.69. The minimum Gasteiger partial charge on any atom is -0.427 e. The number of rotatable bonds is 6. The summed E-state index contributed by atoms with van der Waals surface area (Å²) in [6.07, 6.45) is 4.60. The van der Waals surface area contributed by atoms with E-state index in [2.05, 4.69) is 25.7 Å². The minimum atomic E-state index is -0.665. The number of benzene rings is 1. The number of hydrogen-bond acceptors (Lipinski definition) is 5. The number of carbonyl (C=O) groups is 1. The zero-order valence-corrected chi connectivity index (χ0v) is 16.0. The van der Waals surface area contributed by atoms with Crippen molar-refractivity contribution in [3.63, 3.8) is 0 Å². The summed E-state index contributed by atoms with van der Waals surface area (Å²) in [6.45, 7) is 9.08. The molecular formula is C22H28O5. The predicted octanol–water partition coefficient (Wildman–Crippen LogP) is 4.28. The van der Waals surface area contributed by atoms with Gasteiger partial charge in [0.05, 0.1) is 19.3 Å². The molecule has 5 heteroatoms. The van der Waals surface area contributed by atoms with E-state index in [4.69, 9.17) is 18.9 Å². The average molecular weight is 372 g/mol. The highest BCUT2D eigenvalue weighted by Crippen LogP contribution is 2.31. The Labute approximate surface area is 160 Å². The summed E-state index contributed by atoms with van der Waals surface area (Å²) in [6, 6.07) is 10.1. The quantitative estimate of drug-likeness (QED) is 0.551. The molecule has 0 amide bonds. The Morgan fingerprint density at radius 3 is 2.78 bits per heavy atom. The molecule has 0 spiro atoms. The van der Waals surface area contributed by atoms with Gasteiger partial charge >= 0.3 is 6.16 Å². The van der Waals surface area contributed by atoms with Crippen molar-refractivity contribution in [3.8, 4) is 0 Å².